The number of fused-ring (bicyclic) bond motifs is 1. The Balaban J connectivity index is 0.00000147. The van der Waals surface area contributed by atoms with E-state index in [1.165, 1.54) is 11.3 Å². The normalized spacial score (nSPS) is 28.6. The monoisotopic (exact) mass is 317 g/mol. The summed E-state index contributed by atoms with van der Waals surface area (Å²) in [4.78, 5) is 16.4. The van der Waals surface area contributed by atoms with E-state index in [9.17, 15) is 4.79 Å². The van der Waals surface area contributed by atoms with Crippen molar-refractivity contribution in [2.45, 2.75) is 44.4 Å². The first-order chi connectivity index (χ1) is 9.28. The van der Waals surface area contributed by atoms with E-state index in [0.717, 1.165) is 37.3 Å². The quantitative estimate of drug-likeness (QED) is 0.889. The molecule has 1 aliphatic heterocycles. The lowest BCUT2D eigenvalue weighted by molar-refractivity contribution is 0.0509. The zero-order valence-electron chi connectivity index (χ0n) is 11.2. The predicted molar refractivity (Wildman–Crippen MR) is 80.2 cm³/mol. The lowest BCUT2D eigenvalue weighted by Gasteiger charge is -2.33. The molecular weight excluding hydrogens is 298 g/mol. The Labute approximate surface area is 128 Å². The van der Waals surface area contributed by atoms with Gasteiger partial charge in [0, 0.05) is 30.5 Å². The standard InChI is InChI=1S/C13H19N3O2S.ClH/c14-6-12-15-10(7-19-12)13(17)16-9-2-1-3-11-8(9)4-5-18-11;/h7-9,11H,1-6,14H2,(H,16,17);1H. The van der Waals surface area contributed by atoms with Gasteiger partial charge in [0.1, 0.15) is 10.7 Å². The molecular formula is C13H20ClN3O2S. The van der Waals surface area contributed by atoms with Gasteiger partial charge in [-0.2, -0.15) is 0 Å². The van der Waals surface area contributed by atoms with Crippen molar-refractivity contribution in [3.63, 3.8) is 0 Å². The number of carbonyl (C=O) groups excluding carboxylic acids is 1. The molecule has 1 aromatic heterocycles. The summed E-state index contributed by atoms with van der Waals surface area (Å²) in [6, 6.07) is 0.233. The van der Waals surface area contributed by atoms with Crippen LogP contribution in [0.2, 0.25) is 0 Å². The molecule has 3 rings (SSSR count). The summed E-state index contributed by atoms with van der Waals surface area (Å²) in [6.45, 7) is 1.22. The van der Waals surface area contributed by atoms with Gasteiger partial charge in [0.25, 0.3) is 5.91 Å². The lowest BCUT2D eigenvalue weighted by atomic mass is 9.82. The largest absolute Gasteiger partial charge is 0.378 e. The van der Waals surface area contributed by atoms with Gasteiger partial charge >= 0.3 is 0 Å². The molecule has 112 valence electrons. The van der Waals surface area contributed by atoms with Crippen molar-refractivity contribution in [2.75, 3.05) is 6.61 Å². The van der Waals surface area contributed by atoms with Gasteiger partial charge in [-0.15, -0.1) is 23.7 Å². The van der Waals surface area contributed by atoms with Crippen molar-refractivity contribution >= 4 is 29.7 Å². The van der Waals surface area contributed by atoms with Crippen molar-refractivity contribution in [1.82, 2.24) is 10.3 Å². The van der Waals surface area contributed by atoms with Crippen LogP contribution >= 0.6 is 23.7 Å². The predicted octanol–water partition coefficient (Wildman–Crippen LogP) is 1.71. The van der Waals surface area contributed by atoms with Crippen molar-refractivity contribution in [1.29, 1.82) is 0 Å². The summed E-state index contributed by atoms with van der Waals surface area (Å²) in [7, 11) is 0. The van der Waals surface area contributed by atoms with E-state index >= 15 is 0 Å². The number of ether oxygens (including phenoxy) is 1. The summed E-state index contributed by atoms with van der Waals surface area (Å²) in [6.07, 6.45) is 4.70. The number of amides is 1. The van der Waals surface area contributed by atoms with E-state index in [4.69, 9.17) is 10.5 Å². The highest BCUT2D eigenvalue weighted by Gasteiger charge is 2.38. The molecule has 1 aromatic rings. The number of hydrogen-bond acceptors (Lipinski definition) is 5. The summed E-state index contributed by atoms with van der Waals surface area (Å²) >= 11 is 1.44. The van der Waals surface area contributed by atoms with Gasteiger partial charge in [-0.05, 0) is 25.7 Å². The van der Waals surface area contributed by atoms with E-state index in [1.54, 1.807) is 5.38 Å². The molecule has 1 saturated carbocycles. The molecule has 1 amide bonds. The first-order valence-corrected chi connectivity index (χ1v) is 7.73. The van der Waals surface area contributed by atoms with Crippen LogP contribution in [0, 0.1) is 5.92 Å². The third-order valence-corrected chi connectivity index (χ3v) is 4.93. The minimum absolute atomic E-state index is 0. The van der Waals surface area contributed by atoms with Gasteiger partial charge in [-0.1, -0.05) is 0 Å². The highest BCUT2D eigenvalue weighted by Crippen LogP contribution is 2.34. The average molecular weight is 318 g/mol. The van der Waals surface area contributed by atoms with E-state index in [1.807, 2.05) is 0 Å². The summed E-state index contributed by atoms with van der Waals surface area (Å²) in [5.41, 5.74) is 6.01. The summed E-state index contributed by atoms with van der Waals surface area (Å²) < 4.78 is 5.71. The second kappa shape index (κ2) is 6.85. The first-order valence-electron chi connectivity index (χ1n) is 6.85. The van der Waals surface area contributed by atoms with E-state index < -0.39 is 0 Å². The van der Waals surface area contributed by atoms with Crippen LogP contribution < -0.4 is 11.1 Å². The number of halogens is 1. The maximum absolute atomic E-state index is 12.2. The van der Waals surface area contributed by atoms with Gasteiger partial charge in [-0.3, -0.25) is 4.79 Å². The molecule has 20 heavy (non-hydrogen) atoms. The molecule has 3 N–H and O–H groups in total. The molecule has 3 atom stereocenters. The Bertz CT molecular complexity index is 468. The Hall–Kier alpha value is -0.690. The molecule has 0 aromatic carbocycles. The van der Waals surface area contributed by atoms with Crippen LogP contribution in [-0.2, 0) is 11.3 Å². The smallest absolute Gasteiger partial charge is 0.270 e. The van der Waals surface area contributed by atoms with Crippen LogP contribution in [-0.4, -0.2) is 29.6 Å². The lowest BCUT2D eigenvalue weighted by Crippen LogP contribution is -2.45. The fourth-order valence-corrected chi connectivity index (χ4v) is 3.76. The molecule has 7 heteroatoms. The highest BCUT2D eigenvalue weighted by atomic mass is 35.5. The third kappa shape index (κ3) is 3.14. The van der Waals surface area contributed by atoms with Gasteiger partial charge in [-0.25, -0.2) is 4.98 Å². The summed E-state index contributed by atoms with van der Waals surface area (Å²) in [5.74, 6) is 0.402. The molecule has 0 bridgehead atoms. The highest BCUT2D eigenvalue weighted by molar-refractivity contribution is 7.09. The number of thiazole rings is 1. The minimum atomic E-state index is -0.0755. The fourth-order valence-electron chi connectivity index (χ4n) is 3.11. The summed E-state index contributed by atoms with van der Waals surface area (Å²) in [5, 5.41) is 5.71. The topological polar surface area (TPSA) is 77.2 Å². The van der Waals surface area contributed by atoms with Crippen LogP contribution in [0.5, 0.6) is 0 Å². The fraction of sp³-hybridized carbons (Fsp3) is 0.692. The number of rotatable bonds is 3. The maximum atomic E-state index is 12.2. The molecule has 2 heterocycles. The number of aromatic nitrogens is 1. The molecule has 1 aliphatic carbocycles. The molecule has 0 spiro atoms. The molecule has 5 nitrogen and oxygen atoms in total. The average Bonchev–Trinajstić information content (AvgIpc) is 3.08. The van der Waals surface area contributed by atoms with E-state index in [0.29, 0.717) is 24.3 Å². The van der Waals surface area contributed by atoms with Crippen LogP contribution in [0.15, 0.2) is 5.38 Å². The number of hydrogen-bond donors (Lipinski definition) is 2. The van der Waals surface area contributed by atoms with Gasteiger partial charge < -0.3 is 15.8 Å². The Morgan fingerprint density at radius 2 is 2.35 bits per heavy atom. The Morgan fingerprint density at radius 1 is 1.50 bits per heavy atom. The second-order valence-corrected chi connectivity index (χ2v) is 6.15. The zero-order valence-corrected chi connectivity index (χ0v) is 12.8. The van der Waals surface area contributed by atoms with Crippen LogP contribution in [0.4, 0.5) is 0 Å². The Kier molecular flexibility index (Phi) is 5.37. The minimum Gasteiger partial charge on any atom is -0.378 e. The molecule has 0 radical (unpaired) electrons. The molecule has 3 unspecified atom stereocenters. The number of nitrogens with zero attached hydrogens (tertiary/aromatic N) is 1. The molecule has 1 saturated heterocycles. The Morgan fingerprint density at radius 3 is 3.10 bits per heavy atom. The van der Waals surface area contributed by atoms with Gasteiger partial charge in [0.2, 0.25) is 0 Å². The van der Waals surface area contributed by atoms with Crippen molar-refractivity contribution in [3.05, 3.63) is 16.1 Å². The van der Waals surface area contributed by atoms with Gasteiger partial charge in [0.05, 0.1) is 6.10 Å². The first kappa shape index (κ1) is 15.7. The van der Waals surface area contributed by atoms with Crippen molar-refractivity contribution in [3.8, 4) is 0 Å². The van der Waals surface area contributed by atoms with Crippen LogP contribution in [0.3, 0.4) is 0 Å². The zero-order chi connectivity index (χ0) is 13.2. The van der Waals surface area contributed by atoms with E-state index in [2.05, 4.69) is 10.3 Å². The number of nitrogens with two attached hydrogens (primary N) is 1. The van der Waals surface area contributed by atoms with Crippen LogP contribution in [0.25, 0.3) is 0 Å². The van der Waals surface area contributed by atoms with Crippen LogP contribution in [0.1, 0.15) is 41.2 Å². The van der Waals surface area contributed by atoms with Gasteiger partial charge in [0.15, 0.2) is 0 Å². The second-order valence-electron chi connectivity index (χ2n) is 5.20. The molecule has 2 aliphatic rings. The van der Waals surface area contributed by atoms with Crippen molar-refractivity contribution in [2.24, 2.45) is 11.7 Å². The number of carbonyl (C=O) groups is 1. The SMILES string of the molecule is Cl.NCc1nc(C(=O)NC2CCCC3OCCC23)cs1. The van der Waals surface area contributed by atoms with E-state index in [-0.39, 0.29) is 24.4 Å². The third-order valence-electron chi connectivity index (χ3n) is 4.06. The van der Waals surface area contributed by atoms with Crippen molar-refractivity contribution < 1.29 is 9.53 Å². The number of nitrogens with one attached hydrogen (secondary N) is 1. The maximum Gasteiger partial charge on any atom is 0.270 e. The molecule has 2 fully saturated rings.